The molecule has 4 rings (SSSR count). The van der Waals surface area contributed by atoms with Crippen molar-refractivity contribution in [2.45, 2.75) is 57.5 Å². The first-order valence-electron chi connectivity index (χ1n) is 8.48. The van der Waals surface area contributed by atoms with Crippen LogP contribution in [0.5, 0.6) is 5.75 Å². The lowest BCUT2D eigenvalue weighted by atomic mass is 9.55. The topological polar surface area (TPSA) is 29.5 Å². The summed E-state index contributed by atoms with van der Waals surface area (Å²) < 4.78 is 5.82. The maximum Gasteiger partial charge on any atom is 0.115 e. The van der Waals surface area contributed by atoms with E-state index in [0.717, 1.165) is 18.3 Å². The average molecular weight is 286 g/mol. The molecule has 1 N–H and O–H groups in total. The fourth-order valence-electron chi connectivity index (χ4n) is 5.91. The lowest BCUT2D eigenvalue weighted by Gasteiger charge is -2.50. The van der Waals surface area contributed by atoms with Crippen molar-refractivity contribution in [2.24, 2.45) is 17.3 Å². The molecule has 0 radical (unpaired) electrons. The number of fused-ring (bicyclic) bond motifs is 5. The fraction of sp³-hybridized carbons (Fsp3) is 0.684. The summed E-state index contributed by atoms with van der Waals surface area (Å²) in [6.45, 7) is 2.47. The van der Waals surface area contributed by atoms with E-state index >= 15 is 0 Å². The summed E-state index contributed by atoms with van der Waals surface area (Å²) in [5.74, 6) is 2.78. The Morgan fingerprint density at radius 3 is 2.86 bits per heavy atom. The number of phenolic OH excluding ortho intramolecular Hbond substituents is 1. The predicted molar refractivity (Wildman–Crippen MR) is 83.5 cm³/mol. The van der Waals surface area contributed by atoms with Crippen LogP contribution in [0.3, 0.4) is 0 Å². The van der Waals surface area contributed by atoms with E-state index in [2.05, 4.69) is 13.0 Å². The normalized spacial score (nSPS) is 41.2. The monoisotopic (exact) mass is 286 g/mol. The number of phenols is 1. The molecule has 3 aliphatic rings. The number of hydrogen-bond acceptors (Lipinski definition) is 2. The molecule has 5 atom stereocenters. The molecule has 0 spiro atoms. The van der Waals surface area contributed by atoms with Crippen molar-refractivity contribution in [1.82, 2.24) is 0 Å². The van der Waals surface area contributed by atoms with Crippen LogP contribution in [0, 0.1) is 17.3 Å². The molecule has 0 amide bonds. The number of aryl methyl sites for hydroxylation is 1. The van der Waals surface area contributed by atoms with Crippen molar-refractivity contribution in [3.05, 3.63) is 29.3 Å². The molecule has 0 saturated heterocycles. The Hall–Kier alpha value is -1.02. The van der Waals surface area contributed by atoms with Gasteiger partial charge >= 0.3 is 0 Å². The standard InChI is InChI=1S/C19H26O2/c1-19-10-9-15-14-6-4-13(20)11-12(14)3-5-16(15)17(19)7-8-18(19)21-2/h4,6,11,15-18,20H,3,5,7-10H2,1-2H3/t15?,16?,17?,18-,19-/m0/s1. The highest BCUT2D eigenvalue weighted by molar-refractivity contribution is 5.40. The zero-order chi connectivity index (χ0) is 14.6. The number of rotatable bonds is 1. The first-order chi connectivity index (χ1) is 10.1. The van der Waals surface area contributed by atoms with Crippen molar-refractivity contribution in [3.63, 3.8) is 0 Å². The molecule has 3 unspecified atom stereocenters. The highest BCUT2D eigenvalue weighted by Crippen LogP contribution is 2.61. The minimum absolute atomic E-state index is 0.393. The Balaban J connectivity index is 1.68. The summed E-state index contributed by atoms with van der Waals surface area (Å²) in [4.78, 5) is 0. The molecule has 1 aromatic carbocycles. The van der Waals surface area contributed by atoms with Crippen LogP contribution in [0.1, 0.15) is 56.1 Å². The zero-order valence-corrected chi connectivity index (χ0v) is 13.1. The number of hydrogen-bond donors (Lipinski definition) is 1. The second-order valence-electron chi connectivity index (χ2n) is 7.64. The summed E-state index contributed by atoms with van der Waals surface area (Å²) in [6, 6.07) is 6.06. The Morgan fingerprint density at radius 1 is 1.19 bits per heavy atom. The third kappa shape index (κ3) is 1.88. The summed E-state index contributed by atoms with van der Waals surface area (Å²) >= 11 is 0. The van der Waals surface area contributed by atoms with Crippen molar-refractivity contribution < 1.29 is 9.84 Å². The Morgan fingerprint density at radius 2 is 2.05 bits per heavy atom. The SMILES string of the molecule is CO[C@H]1CCC2C3CCc4cc(O)ccc4C3CC[C@@]21C. The number of benzene rings is 1. The molecule has 21 heavy (non-hydrogen) atoms. The van der Waals surface area contributed by atoms with Crippen LogP contribution in [0.25, 0.3) is 0 Å². The molecule has 0 heterocycles. The molecule has 0 aliphatic heterocycles. The van der Waals surface area contributed by atoms with E-state index in [-0.39, 0.29) is 0 Å². The third-order valence-electron chi connectivity index (χ3n) is 6.91. The quantitative estimate of drug-likeness (QED) is 0.835. The fourth-order valence-corrected chi connectivity index (χ4v) is 5.91. The minimum atomic E-state index is 0.393. The first-order valence-corrected chi connectivity index (χ1v) is 8.48. The van der Waals surface area contributed by atoms with Gasteiger partial charge in [-0.05, 0) is 85.0 Å². The van der Waals surface area contributed by atoms with E-state index in [0.29, 0.717) is 23.2 Å². The second kappa shape index (κ2) is 4.74. The highest BCUT2D eigenvalue weighted by Gasteiger charge is 2.54. The molecule has 3 aliphatic carbocycles. The van der Waals surface area contributed by atoms with E-state index in [1.807, 2.05) is 19.2 Å². The van der Waals surface area contributed by atoms with Gasteiger partial charge in [-0.15, -0.1) is 0 Å². The van der Waals surface area contributed by atoms with E-state index < -0.39 is 0 Å². The molecule has 2 saturated carbocycles. The maximum absolute atomic E-state index is 9.73. The van der Waals surface area contributed by atoms with E-state index in [9.17, 15) is 5.11 Å². The van der Waals surface area contributed by atoms with Gasteiger partial charge < -0.3 is 9.84 Å². The molecule has 0 bridgehead atoms. The van der Waals surface area contributed by atoms with Gasteiger partial charge in [-0.25, -0.2) is 0 Å². The van der Waals surface area contributed by atoms with E-state index in [1.165, 1.54) is 43.2 Å². The summed E-state index contributed by atoms with van der Waals surface area (Å²) in [5.41, 5.74) is 3.30. The Kier molecular flexibility index (Phi) is 3.08. The summed E-state index contributed by atoms with van der Waals surface area (Å²) in [6.07, 6.45) is 8.04. The van der Waals surface area contributed by atoms with Gasteiger partial charge in [-0.2, -0.15) is 0 Å². The zero-order valence-electron chi connectivity index (χ0n) is 13.1. The lowest BCUT2D eigenvalue weighted by Crippen LogP contribution is -2.44. The smallest absolute Gasteiger partial charge is 0.115 e. The molecule has 0 aromatic heterocycles. The predicted octanol–water partition coefficient (Wildman–Crippen LogP) is 4.26. The summed E-state index contributed by atoms with van der Waals surface area (Å²) in [7, 11) is 1.89. The lowest BCUT2D eigenvalue weighted by molar-refractivity contribution is -0.0444. The van der Waals surface area contributed by atoms with Crippen LogP contribution in [0.4, 0.5) is 0 Å². The Bertz CT molecular complexity index is 552. The van der Waals surface area contributed by atoms with Gasteiger partial charge in [0.1, 0.15) is 5.75 Å². The molecular formula is C19H26O2. The van der Waals surface area contributed by atoms with Crippen molar-refractivity contribution in [1.29, 1.82) is 0 Å². The largest absolute Gasteiger partial charge is 0.508 e. The van der Waals surface area contributed by atoms with Gasteiger partial charge in [-0.3, -0.25) is 0 Å². The summed E-state index contributed by atoms with van der Waals surface area (Å²) in [5, 5.41) is 9.73. The van der Waals surface area contributed by atoms with Crippen LogP contribution < -0.4 is 0 Å². The highest BCUT2D eigenvalue weighted by atomic mass is 16.5. The molecular weight excluding hydrogens is 260 g/mol. The number of ether oxygens (including phenoxy) is 1. The van der Waals surface area contributed by atoms with Crippen LogP contribution in [-0.2, 0) is 11.2 Å². The molecule has 1 aromatic rings. The first kappa shape index (κ1) is 13.6. The third-order valence-corrected chi connectivity index (χ3v) is 6.91. The van der Waals surface area contributed by atoms with Crippen LogP contribution in [0.2, 0.25) is 0 Å². The van der Waals surface area contributed by atoms with Crippen molar-refractivity contribution >= 4 is 0 Å². The van der Waals surface area contributed by atoms with Gasteiger partial charge in [0.2, 0.25) is 0 Å². The van der Waals surface area contributed by atoms with E-state index in [1.54, 1.807) is 0 Å². The molecule has 114 valence electrons. The number of aromatic hydroxyl groups is 1. The molecule has 2 heteroatoms. The Labute approximate surface area is 127 Å². The van der Waals surface area contributed by atoms with Crippen LogP contribution >= 0.6 is 0 Å². The van der Waals surface area contributed by atoms with Crippen LogP contribution in [0.15, 0.2) is 18.2 Å². The minimum Gasteiger partial charge on any atom is -0.508 e. The van der Waals surface area contributed by atoms with Gasteiger partial charge in [0.05, 0.1) is 6.10 Å². The van der Waals surface area contributed by atoms with Crippen LogP contribution in [-0.4, -0.2) is 18.3 Å². The van der Waals surface area contributed by atoms with Crippen molar-refractivity contribution in [3.8, 4) is 5.75 Å². The van der Waals surface area contributed by atoms with Gasteiger partial charge in [0, 0.05) is 7.11 Å². The maximum atomic E-state index is 9.73. The molecule has 2 fully saturated rings. The van der Waals surface area contributed by atoms with E-state index in [4.69, 9.17) is 4.74 Å². The van der Waals surface area contributed by atoms with Gasteiger partial charge in [0.25, 0.3) is 0 Å². The van der Waals surface area contributed by atoms with Gasteiger partial charge in [0.15, 0.2) is 0 Å². The van der Waals surface area contributed by atoms with Crippen molar-refractivity contribution in [2.75, 3.05) is 7.11 Å². The van der Waals surface area contributed by atoms with Gasteiger partial charge in [-0.1, -0.05) is 13.0 Å². The second-order valence-corrected chi connectivity index (χ2v) is 7.64. The number of methoxy groups -OCH3 is 1. The molecule has 2 nitrogen and oxygen atoms in total. The average Bonchev–Trinajstić information content (AvgIpc) is 2.83.